The highest BCUT2D eigenvalue weighted by atomic mass is 16.3. The van der Waals surface area contributed by atoms with Crippen LogP contribution >= 0.6 is 0 Å². The number of benzene rings is 1. The van der Waals surface area contributed by atoms with E-state index in [0.29, 0.717) is 5.92 Å². The smallest absolute Gasteiger partial charge is 0.105 e. The van der Waals surface area contributed by atoms with Crippen molar-refractivity contribution in [3.8, 4) is 0 Å². The SMILES string of the molecule is CCNC(c1ccc(CC(C)C)cc1)c1ccoc1C. The zero-order valence-corrected chi connectivity index (χ0v) is 12.9. The van der Waals surface area contributed by atoms with Crippen LogP contribution in [0.5, 0.6) is 0 Å². The van der Waals surface area contributed by atoms with E-state index in [1.807, 2.05) is 6.92 Å². The van der Waals surface area contributed by atoms with Crippen molar-refractivity contribution in [2.45, 2.75) is 40.2 Å². The summed E-state index contributed by atoms with van der Waals surface area (Å²) in [5, 5.41) is 3.54. The fourth-order valence-corrected chi connectivity index (χ4v) is 2.62. The average molecular weight is 271 g/mol. The molecular formula is C18H25NO. The molecule has 0 fully saturated rings. The zero-order chi connectivity index (χ0) is 14.5. The predicted octanol–water partition coefficient (Wildman–Crippen LogP) is 4.49. The maximum absolute atomic E-state index is 5.45. The largest absolute Gasteiger partial charge is 0.469 e. The van der Waals surface area contributed by atoms with Gasteiger partial charge in [-0.05, 0) is 43.0 Å². The van der Waals surface area contributed by atoms with Crippen LogP contribution in [0, 0.1) is 12.8 Å². The lowest BCUT2D eigenvalue weighted by molar-refractivity contribution is 0.520. The van der Waals surface area contributed by atoms with E-state index in [9.17, 15) is 0 Å². The summed E-state index contributed by atoms with van der Waals surface area (Å²) in [4.78, 5) is 0. The quantitative estimate of drug-likeness (QED) is 0.837. The Morgan fingerprint density at radius 2 is 1.80 bits per heavy atom. The van der Waals surface area contributed by atoms with E-state index in [1.54, 1.807) is 6.26 Å². The van der Waals surface area contributed by atoms with Crippen LogP contribution < -0.4 is 5.32 Å². The van der Waals surface area contributed by atoms with E-state index in [0.717, 1.165) is 18.7 Å². The highest BCUT2D eigenvalue weighted by molar-refractivity contribution is 5.34. The molecule has 0 amide bonds. The van der Waals surface area contributed by atoms with Crippen LogP contribution in [0.3, 0.4) is 0 Å². The molecule has 2 heteroatoms. The van der Waals surface area contributed by atoms with E-state index in [-0.39, 0.29) is 6.04 Å². The van der Waals surface area contributed by atoms with E-state index in [1.165, 1.54) is 16.7 Å². The lowest BCUT2D eigenvalue weighted by atomic mass is 9.96. The molecule has 0 spiro atoms. The van der Waals surface area contributed by atoms with Gasteiger partial charge in [-0.15, -0.1) is 0 Å². The van der Waals surface area contributed by atoms with E-state index in [4.69, 9.17) is 4.42 Å². The number of rotatable bonds is 6. The third kappa shape index (κ3) is 3.51. The van der Waals surface area contributed by atoms with Crippen LogP contribution in [0.15, 0.2) is 41.0 Å². The Morgan fingerprint density at radius 1 is 1.10 bits per heavy atom. The van der Waals surface area contributed by atoms with Gasteiger partial charge in [0.2, 0.25) is 0 Å². The van der Waals surface area contributed by atoms with Gasteiger partial charge in [-0.1, -0.05) is 45.0 Å². The van der Waals surface area contributed by atoms with Gasteiger partial charge in [-0.3, -0.25) is 0 Å². The van der Waals surface area contributed by atoms with Gasteiger partial charge in [-0.2, -0.15) is 0 Å². The maximum Gasteiger partial charge on any atom is 0.105 e. The van der Waals surface area contributed by atoms with Gasteiger partial charge in [-0.25, -0.2) is 0 Å². The minimum absolute atomic E-state index is 0.215. The zero-order valence-electron chi connectivity index (χ0n) is 12.9. The second-order valence-electron chi connectivity index (χ2n) is 5.76. The molecule has 0 radical (unpaired) electrons. The number of furan rings is 1. The summed E-state index contributed by atoms with van der Waals surface area (Å²) in [7, 11) is 0. The first kappa shape index (κ1) is 14.9. The summed E-state index contributed by atoms with van der Waals surface area (Å²) in [6, 6.07) is 11.2. The summed E-state index contributed by atoms with van der Waals surface area (Å²) in [5.74, 6) is 1.68. The van der Waals surface area contributed by atoms with Crippen LogP contribution in [-0.4, -0.2) is 6.54 Å². The van der Waals surface area contributed by atoms with Gasteiger partial charge in [0.05, 0.1) is 12.3 Å². The third-order valence-corrected chi connectivity index (χ3v) is 3.58. The van der Waals surface area contributed by atoms with Gasteiger partial charge in [0.15, 0.2) is 0 Å². The van der Waals surface area contributed by atoms with Crippen molar-refractivity contribution in [1.82, 2.24) is 5.32 Å². The van der Waals surface area contributed by atoms with Crippen molar-refractivity contribution in [2.75, 3.05) is 6.54 Å². The van der Waals surface area contributed by atoms with E-state index >= 15 is 0 Å². The topological polar surface area (TPSA) is 25.2 Å². The Morgan fingerprint density at radius 3 is 2.30 bits per heavy atom. The molecule has 1 heterocycles. The lowest BCUT2D eigenvalue weighted by Gasteiger charge is -2.18. The standard InChI is InChI=1S/C18H25NO/c1-5-19-18(17-10-11-20-14(17)4)16-8-6-15(7-9-16)12-13(2)3/h6-11,13,18-19H,5,12H2,1-4H3. The van der Waals surface area contributed by atoms with Crippen molar-refractivity contribution in [2.24, 2.45) is 5.92 Å². The normalized spacial score (nSPS) is 12.8. The van der Waals surface area contributed by atoms with Crippen molar-refractivity contribution in [1.29, 1.82) is 0 Å². The molecule has 2 nitrogen and oxygen atoms in total. The van der Waals surface area contributed by atoms with Gasteiger partial charge in [0.25, 0.3) is 0 Å². The predicted molar refractivity (Wildman–Crippen MR) is 83.9 cm³/mol. The third-order valence-electron chi connectivity index (χ3n) is 3.58. The van der Waals surface area contributed by atoms with Gasteiger partial charge < -0.3 is 9.73 Å². The molecule has 2 aromatic rings. The second-order valence-corrected chi connectivity index (χ2v) is 5.76. The van der Waals surface area contributed by atoms with Crippen LogP contribution in [0.25, 0.3) is 0 Å². The molecule has 1 atom stereocenters. The summed E-state index contributed by atoms with van der Waals surface area (Å²) >= 11 is 0. The minimum atomic E-state index is 0.215. The number of hydrogen-bond acceptors (Lipinski definition) is 2. The molecule has 0 aliphatic carbocycles. The summed E-state index contributed by atoms with van der Waals surface area (Å²) < 4.78 is 5.45. The Bertz CT molecular complexity index is 525. The lowest BCUT2D eigenvalue weighted by Crippen LogP contribution is -2.22. The molecule has 20 heavy (non-hydrogen) atoms. The number of aryl methyl sites for hydroxylation is 1. The maximum atomic E-state index is 5.45. The average Bonchev–Trinajstić information content (AvgIpc) is 2.83. The molecule has 1 N–H and O–H groups in total. The number of nitrogens with one attached hydrogen (secondary N) is 1. The Hall–Kier alpha value is -1.54. The van der Waals surface area contributed by atoms with Crippen LogP contribution in [0.1, 0.15) is 49.3 Å². The summed E-state index contributed by atoms with van der Waals surface area (Å²) in [6.45, 7) is 9.60. The molecule has 1 aromatic heterocycles. The van der Waals surface area contributed by atoms with Gasteiger partial charge in [0.1, 0.15) is 5.76 Å². The molecule has 0 bridgehead atoms. The monoisotopic (exact) mass is 271 g/mol. The summed E-state index contributed by atoms with van der Waals surface area (Å²) in [6.07, 6.45) is 2.90. The van der Waals surface area contributed by atoms with Crippen molar-refractivity contribution < 1.29 is 4.42 Å². The van der Waals surface area contributed by atoms with Crippen LogP contribution in [-0.2, 0) is 6.42 Å². The second kappa shape index (κ2) is 6.76. The molecule has 0 saturated carbocycles. The van der Waals surface area contributed by atoms with E-state index in [2.05, 4.69) is 56.4 Å². The highest BCUT2D eigenvalue weighted by Crippen LogP contribution is 2.26. The Balaban J connectivity index is 2.24. The molecule has 2 rings (SSSR count). The van der Waals surface area contributed by atoms with Crippen molar-refractivity contribution >= 4 is 0 Å². The first-order valence-electron chi connectivity index (χ1n) is 7.48. The minimum Gasteiger partial charge on any atom is -0.469 e. The van der Waals surface area contributed by atoms with Crippen molar-refractivity contribution in [3.05, 3.63) is 59.0 Å². The number of hydrogen-bond donors (Lipinski definition) is 1. The molecular weight excluding hydrogens is 246 g/mol. The highest BCUT2D eigenvalue weighted by Gasteiger charge is 2.16. The molecule has 1 aromatic carbocycles. The van der Waals surface area contributed by atoms with E-state index < -0.39 is 0 Å². The molecule has 0 saturated heterocycles. The van der Waals surface area contributed by atoms with Gasteiger partial charge in [0, 0.05) is 5.56 Å². The molecule has 1 unspecified atom stereocenters. The Labute approximate surface area is 122 Å². The molecule has 0 aliphatic rings. The fraction of sp³-hybridized carbons (Fsp3) is 0.444. The van der Waals surface area contributed by atoms with Crippen LogP contribution in [0.2, 0.25) is 0 Å². The van der Waals surface area contributed by atoms with Gasteiger partial charge >= 0.3 is 0 Å². The fourth-order valence-electron chi connectivity index (χ4n) is 2.62. The first-order chi connectivity index (χ1) is 9.61. The van der Waals surface area contributed by atoms with Crippen molar-refractivity contribution in [3.63, 3.8) is 0 Å². The Kier molecular flexibility index (Phi) is 5.02. The van der Waals surface area contributed by atoms with Crippen LogP contribution in [0.4, 0.5) is 0 Å². The first-order valence-corrected chi connectivity index (χ1v) is 7.48. The molecule has 0 aliphatic heterocycles. The molecule has 108 valence electrons. The summed E-state index contributed by atoms with van der Waals surface area (Å²) in [5.41, 5.74) is 3.93.